The van der Waals surface area contributed by atoms with Gasteiger partial charge < -0.3 is 10.1 Å². The molecule has 2 aromatic rings. The van der Waals surface area contributed by atoms with Crippen LogP contribution < -0.4 is 10.1 Å². The van der Waals surface area contributed by atoms with Gasteiger partial charge in [0.15, 0.2) is 0 Å². The number of para-hydroxylation sites is 1. The molecule has 0 radical (unpaired) electrons. The SMILES string of the molecule is COc1ccc(C(NC(=O)c2ccccc2[N+](=O)[O-])C(C)C)cc1. The van der Waals surface area contributed by atoms with E-state index in [-0.39, 0.29) is 23.2 Å². The Hall–Kier alpha value is -2.89. The van der Waals surface area contributed by atoms with Crippen LogP contribution in [-0.4, -0.2) is 17.9 Å². The Bertz CT molecular complexity index is 726. The molecule has 0 saturated heterocycles. The second-order valence-corrected chi connectivity index (χ2v) is 5.74. The molecular formula is C18H20N2O4. The van der Waals surface area contributed by atoms with Gasteiger partial charge in [-0.25, -0.2) is 0 Å². The number of rotatable bonds is 6. The molecule has 24 heavy (non-hydrogen) atoms. The van der Waals surface area contributed by atoms with Gasteiger partial charge in [-0.3, -0.25) is 14.9 Å². The molecule has 0 bridgehead atoms. The van der Waals surface area contributed by atoms with Gasteiger partial charge >= 0.3 is 0 Å². The van der Waals surface area contributed by atoms with Gasteiger partial charge in [-0.2, -0.15) is 0 Å². The van der Waals surface area contributed by atoms with Crippen LogP contribution in [0.2, 0.25) is 0 Å². The number of amides is 1. The molecule has 0 spiro atoms. The number of nitro groups is 1. The van der Waals surface area contributed by atoms with Crippen molar-refractivity contribution in [2.45, 2.75) is 19.9 Å². The number of benzene rings is 2. The van der Waals surface area contributed by atoms with E-state index in [0.717, 1.165) is 11.3 Å². The third-order valence-electron chi connectivity index (χ3n) is 3.77. The van der Waals surface area contributed by atoms with Crippen molar-refractivity contribution in [1.29, 1.82) is 0 Å². The number of nitrogens with zero attached hydrogens (tertiary/aromatic N) is 1. The molecule has 1 N–H and O–H groups in total. The highest BCUT2D eigenvalue weighted by atomic mass is 16.6. The minimum absolute atomic E-state index is 0.0571. The van der Waals surface area contributed by atoms with Crippen LogP contribution in [0.4, 0.5) is 5.69 Å². The lowest BCUT2D eigenvalue weighted by atomic mass is 9.95. The number of ether oxygens (including phenoxy) is 1. The standard InChI is InChI=1S/C18H20N2O4/c1-12(2)17(13-8-10-14(24-3)11-9-13)19-18(21)15-6-4-5-7-16(15)20(22)23/h4-12,17H,1-3H3,(H,19,21). The van der Waals surface area contributed by atoms with Gasteiger partial charge in [-0.15, -0.1) is 0 Å². The fraction of sp³-hybridized carbons (Fsp3) is 0.278. The van der Waals surface area contributed by atoms with Gasteiger partial charge in [0.05, 0.1) is 18.1 Å². The van der Waals surface area contributed by atoms with Crippen molar-refractivity contribution in [2.75, 3.05) is 7.11 Å². The smallest absolute Gasteiger partial charge is 0.282 e. The molecule has 0 aromatic heterocycles. The molecule has 126 valence electrons. The highest BCUT2D eigenvalue weighted by molar-refractivity contribution is 5.98. The number of nitrogens with one attached hydrogen (secondary N) is 1. The van der Waals surface area contributed by atoms with Gasteiger partial charge in [0.25, 0.3) is 11.6 Å². The van der Waals surface area contributed by atoms with Crippen molar-refractivity contribution in [1.82, 2.24) is 5.32 Å². The van der Waals surface area contributed by atoms with Crippen molar-refractivity contribution < 1.29 is 14.5 Å². The van der Waals surface area contributed by atoms with E-state index in [0.29, 0.717) is 0 Å². The summed E-state index contributed by atoms with van der Waals surface area (Å²) in [6, 6.07) is 13.1. The first-order valence-corrected chi connectivity index (χ1v) is 7.62. The maximum Gasteiger partial charge on any atom is 0.282 e. The van der Waals surface area contributed by atoms with Crippen molar-refractivity contribution in [2.24, 2.45) is 5.92 Å². The van der Waals surface area contributed by atoms with Crippen LogP contribution in [0.3, 0.4) is 0 Å². The topological polar surface area (TPSA) is 81.5 Å². The van der Waals surface area contributed by atoms with Crippen molar-refractivity contribution in [3.63, 3.8) is 0 Å². The zero-order valence-corrected chi connectivity index (χ0v) is 13.9. The average Bonchev–Trinajstić information content (AvgIpc) is 2.59. The summed E-state index contributed by atoms with van der Waals surface area (Å²) in [4.78, 5) is 23.1. The van der Waals surface area contributed by atoms with Crippen LogP contribution in [0.5, 0.6) is 5.75 Å². The van der Waals surface area contributed by atoms with Crippen molar-refractivity contribution in [3.05, 3.63) is 69.8 Å². The fourth-order valence-corrected chi connectivity index (χ4v) is 2.49. The summed E-state index contributed by atoms with van der Waals surface area (Å²) >= 11 is 0. The highest BCUT2D eigenvalue weighted by Gasteiger charge is 2.24. The molecule has 2 rings (SSSR count). The molecule has 1 amide bonds. The van der Waals surface area contributed by atoms with Gasteiger partial charge in [-0.1, -0.05) is 38.1 Å². The fourth-order valence-electron chi connectivity index (χ4n) is 2.49. The largest absolute Gasteiger partial charge is 0.497 e. The molecule has 1 atom stereocenters. The second kappa shape index (κ2) is 7.59. The van der Waals surface area contributed by atoms with Gasteiger partial charge in [-0.05, 0) is 29.7 Å². The first-order chi connectivity index (χ1) is 11.4. The average molecular weight is 328 g/mol. The number of hydrogen-bond acceptors (Lipinski definition) is 4. The Morgan fingerprint density at radius 1 is 1.12 bits per heavy atom. The summed E-state index contributed by atoms with van der Waals surface area (Å²) in [5, 5.41) is 14.0. The summed E-state index contributed by atoms with van der Waals surface area (Å²) in [6.07, 6.45) is 0. The van der Waals surface area contributed by atoms with Crippen LogP contribution in [0, 0.1) is 16.0 Å². The molecule has 0 fully saturated rings. The lowest BCUT2D eigenvalue weighted by Gasteiger charge is -2.23. The molecule has 6 heteroatoms. The summed E-state index contributed by atoms with van der Waals surface area (Å²) in [5.74, 6) is 0.383. The number of carbonyl (C=O) groups is 1. The lowest BCUT2D eigenvalue weighted by molar-refractivity contribution is -0.385. The number of nitro benzene ring substituents is 1. The van der Waals surface area contributed by atoms with Crippen molar-refractivity contribution >= 4 is 11.6 Å². The lowest BCUT2D eigenvalue weighted by Crippen LogP contribution is -2.32. The van der Waals surface area contributed by atoms with Gasteiger partial charge in [0.2, 0.25) is 0 Å². The third-order valence-corrected chi connectivity index (χ3v) is 3.77. The van der Waals surface area contributed by atoms with Crippen LogP contribution in [0.1, 0.15) is 35.8 Å². The highest BCUT2D eigenvalue weighted by Crippen LogP contribution is 2.25. The Morgan fingerprint density at radius 3 is 2.29 bits per heavy atom. The third kappa shape index (κ3) is 3.90. The summed E-state index contributed by atoms with van der Waals surface area (Å²) in [5.41, 5.74) is 0.770. The van der Waals surface area contributed by atoms with E-state index in [2.05, 4.69) is 5.32 Å². The second-order valence-electron chi connectivity index (χ2n) is 5.74. The minimum atomic E-state index is -0.549. The molecule has 0 aliphatic heterocycles. The van der Waals surface area contributed by atoms with E-state index in [1.165, 1.54) is 18.2 Å². The van der Waals surface area contributed by atoms with E-state index < -0.39 is 10.8 Å². The van der Waals surface area contributed by atoms with Crippen LogP contribution in [0.25, 0.3) is 0 Å². The molecule has 0 heterocycles. The maximum absolute atomic E-state index is 12.5. The van der Waals surface area contributed by atoms with E-state index in [4.69, 9.17) is 4.74 Å². The molecule has 0 aliphatic rings. The summed E-state index contributed by atoms with van der Waals surface area (Å²) in [6.45, 7) is 3.96. The molecule has 0 saturated carbocycles. The van der Waals surface area contributed by atoms with Crippen LogP contribution in [-0.2, 0) is 0 Å². The predicted molar refractivity (Wildman–Crippen MR) is 91.1 cm³/mol. The van der Waals surface area contributed by atoms with E-state index >= 15 is 0 Å². The quantitative estimate of drug-likeness (QED) is 0.647. The van der Waals surface area contributed by atoms with E-state index in [1.54, 1.807) is 13.2 Å². The zero-order chi connectivity index (χ0) is 17.7. The van der Waals surface area contributed by atoms with Crippen LogP contribution >= 0.6 is 0 Å². The number of hydrogen-bond donors (Lipinski definition) is 1. The van der Waals surface area contributed by atoms with Crippen molar-refractivity contribution in [3.8, 4) is 5.75 Å². The molecular weight excluding hydrogens is 308 g/mol. The maximum atomic E-state index is 12.5. The minimum Gasteiger partial charge on any atom is -0.497 e. The Morgan fingerprint density at radius 2 is 1.75 bits per heavy atom. The first-order valence-electron chi connectivity index (χ1n) is 7.62. The normalized spacial score (nSPS) is 11.8. The van der Waals surface area contributed by atoms with E-state index in [1.807, 2.05) is 38.1 Å². The number of carbonyl (C=O) groups excluding carboxylic acids is 1. The molecule has 0 aliphatic carbocycles. The Kier molecular flexibility index (Phi) is 5.52. The Balaban J connectivity index is 2.27. The van der Waals surface area contributed by atoms with Gasteiger partial charge in [0.1, 0.15) is 11.3 Å². The first kappa shape index (κ1) is 17.5. The van der Waals surface area contributed by atoms with Gasteiger partial charge in [0, 0.05) is 6.07 Å². The molecule has 1 unspecified atom stereocenters. The van der Waals surface area contributed by atoms with E-state index in [9.17, 15) is 14.9 Å². The molecule has 2 aromatic carbocycles. The predicted octanol–water partition coefficient (Wildman–Crippen LogP) is 3.73. The zero-order valence-electron chi connectivity index (χ0n) is 13.9. The Labute approximate surface area is 140 Å². The summed E-state index contributed by atoms with van der Waals surface area (Å²) in [7, 11) is 1.59. The van der Waals surface area contributed by atoms with Crippen LogP contribution in [0.15, 0.2) is 48.5 Å². The number of methoxy groups -OCH3 is 1. The molecule has 6 nitrogen and oxygen atoms in total. The monoisotopic (exact) mass is 328 g/mol. The summed E-state index contributed by atoms with van der Waals surface area (Å²) < 4.78 is 5.14.